The maximum atomic E-state index is 9.63. The summed E-state index contributed by atoms with van der Waals surface area (Å²) in [7, 11) is -10.1. The van der Waals surface area contributed by atoms with E-state index in [1.807, 2.05) is 0 Å². The third-order valence-corrected chi connectivity index (χ3v) is 1.91. The van der Waals surface area contributed by atoms with Gasteiger partial charge in [0.15, 0.2) is 0 Å². The molecule has 0 atom stereocenters. The van der Waals surface area contributed by atoms with Crippen LogP contribution in [-0.4, -0.2) is 95.1 Å². The average Bonchev–Trinajstić information content (AvgIpc) is 1.14. The summed E-state index contributed by atoms with van der Waals surface area (Å²) in [5.74, 6) is 0. The molecular weight excluding hydrogens is 254 g/mol. The molecule has 0 aliphatic carbocycles. The Balaban J connectivity index is -0.0000000213. The van der Waals surface area contributed by atoms with Gasteiger partial charge in [-0.05, 0) is 0 Å². The molecule has 11 heteroatoms. The quantitative estimate of drug-likeness (QED) is 0.347. The van der Waals surface area contributed by atoms with E-state index < -0.39 is 15.6 Å². The summed E-state index contributed by atoms with van der Waals surface area (Å²) in [6.45, 7) is 0. The largest absolute Gasteiger partial charge is 1.00 e. The molecule has 0 aliphatic heterocycles. The summed E-state index contributed by atoms with van der Waals surface area (Å²) in [5.41, 5.74) is 0. The van der Waals surface area contributed by atoms with Crippen molar-refractivity contribution in [3.05, 3.63) is 0 Å². The van der Waals surface area contributed by atoms with Gasteiger partial charge in [0.1, 0.15) is 0 Å². The SMILES string of the molecule is O=P(O)(O)OP(=O)(O)O.[Ca+2].[CaH2].[H+].[H+].[H+].[H+]. The van der Waals surface area contributed by atoms with Crippen LogP contribution in [0.2, 0.25) is 0 Å². The zero-order chi connectivity index (χ0) is 7.71. The Morgan fingerprint density at radius 3 is 1.18 bits per heavy atom. The van der Waals surface area contributed by atoms with E-state index in [2.05, 4.69) is 4.31 Å². The van der Waals surface area contributed by atoms with Crippen molar-refractivity contribution in [2.24, 2.45) is 0 Å². The maximum Gasteiger partial charge on any atom is 1.00 e. The van der Waals surface area contributed by atoms with Gasteiger partial charge < -0.3 is 19.6 Å². The summed E-state index contributed by atoms with van der Waals surface area (Å²) >= 11 is 0. The monoisotopic (exact) mass is 264 g/mol. The molecule has 11 heavy (non-hydrogen) atoms. The van der Waals surface area contributed by atoms with Crippen LogP contribution in [0, 0.1) is 0 Å². The first kappa shape index (κ1) is 19.4. The molecule has 0 fully saturated rings. The van der Waals surface area contributed by atoms with E-state index in [-0.39, 0.29) is 81.2 Å². The van der Waals surface area contributed by atoms with Gasteiger partial charge in [0, 0.05) is 0 Å². The van der Waals surface area contributed by atoms with E-state index in [0.29, 0.717) is 0 Å². The third kappa shape index (κ3) is 19.3. The van der Waals surface area contributed by atoms with Crippen LogP contribution < -0.4 is 0 Å². The van der Waals surface area contributed by atoms with E-state index in [0.717, 1.165) is 0 Å². The fourth-order valence-electron chi connectivity index (χ4n) is 0.139. The minimum Gasteiger partial charge on any atom is 1.00 e. The van der Waals surface area contributed by atoms with E-state index in [1.54, 1.807) is 0 Å². The second-order valence-corrected chi connectivity index (χ2v) is 3.68. The first-order chi connectivity index (χ1) is 3.71. The molecule has 0 aromatic carbocycles. The number of phosphoric acid groups is 2. The van der Waals surface area contributed by atoms with E-state index in [1.165, 1.54) is 0 Å². The predicted molar refractivity (Wildman–Crippen MR) is 43.9 cm³/mol. The number of rotatable bonds is 2. The van der Waals surface area contributed by atoms with Crippen LogP contribution in [0.4, 0.5) is 0 Å². The Morgan fingerprint density at radius 1 is 1.00 bits per heavy atom. The van der Waals surface area contributed by atoms with Gasteiger partial charge in [-0.1, -0.05) is 0 Å². The molecule has 0 amide bonds. The van der Waals surface area contributed by atoms with Crippen molar-refractivity contribution in [1.82, 2.24) is 0 Å². The minimum atomic E-state index is -5.05. The third-order valence-electron chi connectivity index (χ3n) is 0.213. The molecule has 4 N–H and O–H groups in total. The van der Waals surface area contributed by atoms with E-state index >= 15 is 0 Å². The molecule has 60 valence electrons. The molecule has 0 rings (SSSR count). The molecule has 0 heterocycles. The van der Waals surface area contributed by atoms with Crippen molar-refractivity contribution in [3.8, 4) is 0 Å². The Labute approximate surface area is 128 Å². The normalized spacial score (nSPS) is 11.3. The Kier molecular flexibility index (Phi) is 12.5. The van der Waals surface area contributed by atoms with Crippen molar-refractivity contribution in [2.45, 2.75) is 0 Å². The molecular formula is H10Ca2O7P2+6. The second kappa shape index (κ2) is 7.12. The zero-order valence-corrected chi connectivity index (χ0v) is 8.61. The van der Waals surface area contributed by atoms with Crippen molar-refractivity contribution in [2.75, 3.05) is 0 Å². The van der Waals surface area contributed by atoms with Gasteiger partial charge in [-0.3, -0.25) is 0 Å². The molecule has 0 bridgehead atoms. The summed E-state index contributed by atoms with van der Waals surface area (Å²) in [5, 5.41) is 0. The van der Waals surface area contributed by atoms with Crippen LogP contribution >= 0.6 is 15.6 Å². The molecule has 0 aromatic rings. The smallest absolute Gasteiger partial charge is 1.00 e. The van der Waals surface area contributed by atoms with Gasteiger partial charge in [-0.15, -0.1) is 0 Å². The molecule has 0 spiro atoms. The molecule has 0 aliphatic rings. The van der Waals surface area contributed by atoms with Crippen LogP contribution in [0.15, 0.2) is 0 Å². The first-order valence-corrected chi connectivity index (χ1v) is 4.59. The molecule has 0 unspecified atom stereocenters. The van der Waals surface area contributed by atoms with E-state index in [4.69, 9.17) is 19.6 Å². The van der Waals surface area contributed by atoms with Crippen LogP contribution in [-0.2, 0) is 13.4 Å². The van der Waals surface area contributed by atoms with E-state index in [9.17, 15) is 9.13 Å². The minimum absolute atomic E-state index is 0. The summed E-state index contributed by atoms with van der Waals surface area (Å²) in [6, 6.07) is 0. The fourth-order valence-corrected chi connectivity index (χ4v) is 1.25. The van der Waals surface area contributed by atoms with Crippen LogP contribution in [0.25, 0.3) is 0 Å². The summed E-state index contributed by atoms with van der Waals surface area (Å²) in [4.78, 5) is 31.0. The molecule has 0 saturated carbocycles. The molecule has 7 nitrogen and oxygen atoms in total. The molecule has 0 saturated heterocycles. The van der Waals surface area contributed by atoms with Gasteiger partial charge in [0.2, 0.25) is 0 Å². The summed E-state index contributed by atoms with van der Waals surface area (Å²) in [6.07, 6.45) is 0. The van der Waals surface area contributed by atoms with Gasteiger partial charge >= 0.3 is 96.8 Å². The van der Waals surface area contributed by atoms with Crippen LogP contribution in [0.5, 0.6) is 0 Å². The Bertz CT molecular complexity index is 167. The predicted octanol–water partition coefficient (Wildman–Crippen LogP) is -1.66. The second-order valence-electron chi connectivity index (χ2n) is 1.06. The van der Waals surface area contributed by atoms with Crippen molar-refractivity contribution >= 4 is 91.1 Å². The Morgan fingerprint density at radius 2 is 1.18 bits per heavy atom. The molecule has 0 aromatic heterocycles. The van der Waals surface area contributed by atoms with Crippen molar-refractivity contribution in [1.29, 1.82) is 0 Å². The van der Waals surface area contributed by atoms with Gasteiger partial charge in [0.25, 0.3) is 0 Å². The summed E-state index contributed by atoms with van der Waals surface area (Å²) < 4.78 is 22.2. The first-order valence-electron chi connectivity index (χ1n) is 1.53. The van der Waals surface area contributed by atoms with Crippen LogP contribution in [0.1, 0.15) is 5.71 Å². The topological polar surface area (TPSA) is 124 Å². The van der Waals surface area contributed by atoms with Gasteiger partial charge in [-0.25, -0.2) is 9.13 Å². The average molecular weight is 264 g/mol. The molecule has 0 radical (unpaired) electrons. The standard InChI is InChI=1S/2Ca.H4O7P2.2H/c;;1-8(2,3)7-9(4,5)6;;/h;;(H2,1,2,3)(H2,4,5,6);;/q;+2;;;/p+4. The Hall–Kier alpha value is 2.78. The number of hydrogen-bond acceptors (Lipinski definition) is 3. The maximum absolute atomic E-state index is 9.63. The zero-order valence-electron chi connectivity index (χ0n) is 8.62. The van der Waals surface area contributed by atoms with Crippen LogP contribution in [0.3, 0.4) is 0 Å². The van der Waals surface area contributed by atoms with Crippen molar-refractivity contribution in [3.63, 3.8) is 0 Å². The van der Waals surface area contributed by atoms with Gasteiger partial charge in [-0.2, -0.15) is 4.31 Å². The number of hydrogen-bond donors (Lipinski definition) is 4. The van der Waals surface area contributed by atoms with Crippen molar-refractivity contribution < 1.29 is 38.7 Å². The fraction of sp³-hybridized carbons (Fsp3) is 0. The van der Waals surface area contributed by atoms with Gasteiger partial charge in [0.05, 0.1) is 0 Å².